The molecule has 1 aliphatic carbocycles. The summed E-state index contributed by atoms with van der Waals surface area (Å²) in [5.74, 6) is -0.881. The number of ether oxygens (including phenoxy) is 1. The van der Waals surface area contributed by atoms with Crippen molar-refractivity contribution in [1.29, 1.82) is 0 Å². The van der Waals surface area contributed by atoms with Gasteiger partial charge in [-0.05, 0) is 57.7 Å². The molecule has 4 aromatic rings. The molecule has 7 nitrogen and oxygen atoms in total. The van der Waals surface area contributed by atoms with Crippen LogP contribution in [0.3, 0.4) is 0 Å². The van der Waals surface area contributed by atoms with Gasteiger partial charge in [-0.25, -0.2) is 21.8 Å². The third-order valence-electron chi connectivity index (χ3n) is 6.98. The number of hydrogen-bond acceptors (Lipinski definition) is 6. The van der Waals surface area contributed by atoms with E-state index in [0.717, 1.165) is 9.54 Å². The maximum atomic E-state index is 14.0. The zero-order valence-electron chi connectivity index (χ0n) is 21.2. The summed E-state index contributed by atoms with van der Waals surface area (Å²) in [6, 6.07) is 9.37. The molecule has 206 valence electrons. The molecule has 0 spiro atoms. The smallest absolute Gasteiger partial charge is 0.391 e. The normalized spacial score (nSPS) is 18.4. The lowest BCUT2D eigenvalue weighted by Gasteiger charge is -2.29. The minimum Gasteiger partial charge on any atom is -0.474 e. The number of alkyl halides is 4. The van der Waals surface area contributed by atoms with Crippen molar-refractivity contribution >= 4 is 20.9 Å². The van der Waals surface area contributed by atoms with Gasteiger partial charge in [0.2, 0.25) is 5.88 Å². The lowest BCUT2D eigenvalue weighted by molar-refractivity contribution is -0.185. The van der Waals surface area contributed by atoms with E-state index in [4.69, 9.17) is 4.74 Å². The van der Waals surface area contributed by atoms with E-state index < -0.39 is 34.9 Å². The molecule has 39 heavy (non-hydrogen) atoms. The van der Waals surface area contributed by atoms with Crippen LogP contribution in [0.15, 0.2) is 53.7 Å². The zero-order chi connectivity index (χ0) is 27.9. The van der Waals surface area contributed by atoms with Crippen LogP contribution in [0.25, 0.3) is 22.2 Å². The molecule has 0 atom stereocenters. The number of nitrogens with zero attached hydrogens (tertiary/aromatic N) is 4. The Hall–Kier alpha value is -3.54. The summed E-state index contributed by atoms with van der Waals surface area (Å²) >= 11 is 0. The van der Waals surface area contributed by atoms with Gasteiger partial charge >= 0.3 is 6.18 Å². The molecular weight excluding hydrogens is 536 g/mol. The average molecular weight is 563 g/mol. The first-order valence-electron chi connectivity index (χ1n) is 12.4. The SMILES string of the molecule is Cc1ccc(S(=O)(=O)n2cc(-c3cc(OC4CCC(C(F)(F)F)CC4)nc(C)n3)c3c(CF)nccc32)cc1. The van der Waals surface area contributed by atoms with Crippen LogP contribution in [0, 0.1) is 19.8 Å². The number of rotatable bonds is 6. The molecule has 0 aliphatic heterocycles. The minimum atomic E-state index is -4.22. The number of aryl methyl sites for hydroxylation is 2. The first-order chi connectivity index (χ1) is 18.5. The van der Waals surface area contributed by atoms with Crippen molar-refractivity contribution in [3.63, 3.8) is 0 Å². The Morgan fingerprint density at radius 2 is 1.72 bits per heavy atom. The summed E-state index contributed by atoms with van der Waals surface area (Å²) in [4.78, 5) is 12.9. The summed E-state index contributed by atoms with van der Waals surface area (Å²) in [7, 11) is -4.05. The zero-order valence-corrected chi connectivity index (χ0v) is 22.1. The molecule has 0 radical (unpaired) electrons. The summed E-state index contributed by atoms with van der Waals surface area (Å²) in [6.07, 6.45) is -1.54. The van der Waals surface area contributed by atoms with Gasteiger partial charge in [0, 0.05) is 29.4 Å². The summed E-state index contributed by atoms with van der Waals surface area (Å²) in [5.41, 5.74) is 1.78. The number of aromatic nitrogens is 4. The van der Waals surface area contributed by atoms with Gasteiger partial charge in [-0.1, -0.05) is 17.7 Å². The quantitative estimate of drug-likeness (QED) is 0.256. The second kappa shape index (κ2) is 10.2. The van der Waals surface area contributed by atoms with E-state index in [1.807, 2.05) is 6.92 Å². The van der Waals surface area contributed by atoms with E-state index >= 15 is 0 Å². The number of benzene rings is 1. The van der Waals surface area contributed by atoms with E-state index in [1.54, 1.807) is 19.1 Å². The predicted molar refractivity (Wildman–Crippen MR) is 136 cm³/mol. The van der Waals surface area contributed by atoms with E-state index in [0.29, 0.717) is 11.4 Å². The van der Waals surface area contributed by atoms with Crippen LogP contribution in [0.4, 0.5) is 17.6 Å². The van der Waals surface area contributed by atoms with Crippen molar-refractivity contribution in [3.8, 4) is 17.1 Å². The Balaban J connectivity index is 1.55. The molecule has 1 saturated carbocycles. The Kier molecular flexibility index (Phi) is 7.08. The number of fused-ring (bicyclic) bond motifs is 1. The van der Waals surface area contributed by atoms with Crippen LogP contribution in [0.2, 0.25) is 0 Å². The lowest BCUT2D eigenvalue weighted by Crippen LogP contribution is -2.32. The molecule has 0 amide bonds. The highest BCUT2D eigenvalue weighted by atomic mass is 32.2. The molecule has 0 N–H and O–H groups in total. The van der Waals surface area contributed by atoms with E-state index in [-0.39, 0.29) is 58.7 Å². The van der Waals surface area contributed by atoms with E-state index in [1.165, 1.54) is 36.7 Å². The van der Waals surface area contributed by atoms with Gasteiger partial charge in [-0.3, -0.25) is 4.98 Å². The van der Waals surface area contributed by atoms with Crippen LogP contribution in [0.5, 0.6) is 5.88 Å². The Bertz CT molecular complexity index is 1610. The molecule has 0 bridgehead atoms. The fraction of sp³-hybridized carbons (Fsp3) is 0.370. The van der Waals surface area contributed by atoms with Crippen molar-refractivity contribution in [1.82, 2.24) is 18.9 Å². The van der Waals surface area contributed by atoms with E-state index in [2.05, 4.69) is 15.0 Å². The third kappa shape index (κ3) is 5.34. The molecule has 0 saturated heterocycles. The number of hydrogen-bond donors (Lipinski definition) is 0. The number of pyridine rings is 1. The van der Waals surface area contributed by atoms with Crippen LogP contribution < -0.4 is 4.74 Å². The topological polar surface area (TPSA) is 87.0 Å². The van der Waals surface area contributed by atoms with Gasteiger partial charge in [0.1, 0.15) is 18.6 Å². The molecule has 12 heteroatoms. The first-order valence-corrected chi connectivity index (χ1v) is 13.9. The molecule has 3 heterocycles. The molecule has 3 aromatic heterocycles. The lowest BCUT2D eigenvalue weighted by atomic mass is 9.87. The van der Waals surface area contributed by atoms with E-state index in [9.17, 15) is 26.0 Å². The minimum absolute atomic E-state index is 0.0268. The van der Waals surface area contributed by atoms with Gasteiger partial charge in [0.05, 0.1) is 27.7 Å². The third-order valence-corrected chi connectivity index (χ3v) is 8.67. The summed E-state index contributed by atoms with van der Waals surface area (Å²) < 4.78 is 87.5. The highest BCUT2D eigenvalue weighted by molar-refractivity contribution is 7.90. The fourth-order valence-electron chi connectivity index (χ4n) is 4.96. The second-order valence-electron chi connectivity index (χ2n) is 9.71. The summed E-state index contributed by atoms with van der Waals surface area (Å²) in [5, 5.41) is 0.283. The monoisotopic (exact) mass is 562 g/mol. The Morgan fingerprint density at radius 3 is 2.36 bits per heavy atom. The molecule has 1 aromatic carbocycles. The van der Waals surface area contributed by atoms with Crippen LogP contribution >= 0.6 is 0 Å². The average Bonchev–Trinajstić information content (AvgIpc) is 3.29. The standard InChI is InChI=1S/C27H26F4N4O3S/c1-16-3-9-20(10-4-16)39(36,37)35-15-21(26-23(14-28)32-12-11-24(26)35)22-13-25(34-17(2)33-22)38-19-7-5-18(6-8-19)27(29,30)31/h3-4,9-13,15,18-19H,5-8,14H2,1-2H3. The highest BCUT2D eigenvalue weighted by Crippen LogP contribution is 2.39. The molecular formula is C27H26F4N4O3S. The maximum absolute atomic E-state index is 14.0. The predicted octanol–water partition coefficient (Wildman–Crippen LogP) is 6.32. The highest BCUT2D eigenvalue weighted by Gasteiger charge is 2.41. The Morgan fingerprint density at radius 1 is 1.03 bits per heavy atom. The van der Waals surface area contributed by atoms with Crippen molar-refractivity contribution in [2.24, 2.45) is 5.92 Å². The van der Waals surface area contributed by atoms with Crippen LogP contribution in [-0.2, 0) is 16.7 Å². The van der Waals surface area contributed by atoms with Gasteiger partial charge in [-0.2, -0.15) is 18.2 Å². The van der Waals surface area contributed by atoms with Crippen LogP contribution in [-0.4, -0.2) is 39.6 Å². The second-order valence-corrected chi connectivity index (χ2v) is 11.5. The molecule has 1 fully saturated rings. The van der Waals surface area contributed by atoms with Crippen molar-refractivity contribution < 1.29 is 30.7 Å². The fourth-order valence-corrected chi connectivity index (χ4v) is 6.32. The van der Waals surface area contributed by atoms with Crippen molar-refractivity contribution in [2.75, 3.05) is 0 Å². The molecule has 1 aliphatic rings. The molecule has 5 rings (SSSR count). The van der Waals surface area contributed by atoms with Crippen LogP contribution in [0.1, 0.15) is 42.8 Å². The molecule has 0 unspecified atom stereocenters. The van der Waals surface area contributed by atoms with Gasteiger partial charge in [0.25, 0.3) is 10.0 Å². The van der Waals surface area contributed by atoms with Crippen molar-refractivity contribution in [2.45, 2.75) is 63.4 Å². The van der Waals surface area contributed by atoms with Crippen molar-refractivity contribution in [3.05, 3.63) is 65.9 Å². The maximum Gasteiger partial charge on any atom is 0.391 e. The largest absolute Gasteiger partial charge is 0.474 e. The van der Waals surface area contributed by atoms with Gasteiger partial charge < -0.3 is 4.74 Å². The van der Waals surface area contributed by atoms with Gasteiger partial charge in [0.15, 0.2) is 0 Å². The Labute approximate surface area is 222 Å². The summed E-state index contributed by atoms with van der Waals surface area (Å²) in [6.45, 7) is 2.53. The first kappa shape index (κ1) is 27.0. The number of halogens is 4. The van der Waals surface area contributed by atoms with Gasteiger partial charge in [-0.15, -0.1) is 0 Å².